The fraction of sp³-hybridized carbons (Fsp3) is 0.579. The SMILES string of the molecule is CC(C)(C)OC(=O)N1CCN2C(NCc3c(F)cccc3OC(F)F)=NCC2C1. The van der Waals surface area contributed by atoms with E-state index in [1.807, 2.05) is 25.7 Å². The van der Waals surface area contributed by atoms with Gasteiger partial charge in [0.1, 0.15) is 17.2 Å². The van der Waals surface area contributed by atoms with Gasteiger partial charge in [0.25, 0.3) is 0 Å². The molecule has 2 aliphatic heterocycles. The summed E-state index contributed by atoms with van der Waals surface area (Å²) in [6.07, 6.45) is -0.362. The number of aliphatic imine (C=N–C) groups is 1. The molecule has 0 radical (unpaired) electrons. The van der Waals surface area contributed by atoms with Gasteiger partial charge in [0.15, 0.2) is 5.96 Å². The van der Waals surface area contributed by atoms with E-state index in [0.29, 0.717) is 32.1 Å². The largest absolute Gasteiger partial charge is 0.444 e. The van der Waals surface area contributed by atoms with Crippen LogP contribution in [-0.4, -0.2) is 66.3 Å². The van der Waals surface area contributed by atoms with Crippen LogP contribution >= 0.6 is 0 Å². The molecule has 0 saturated carbocycles. The van der Waals surface area contributed by atoms with Crippen LogP contribution in [0.1, 0.15) is 26.3 Å². The van der Waals surface area contributed by atoms with Gasteiger partial charge in [0.2, 0.25) is 0 Å². The highest BCUT2D eigenvalue weighted by atomic mass is 19.3. The Hall–Kier alpha value is -2.65. The molecule has 0 spiro atoms. The van der Waals surface area contributed by atoms with E-state index in [-0.39, 0.29) is 30.0 Å². The second kappa shape index (κ2) is 8.38. The lowest BCUT2D eigenvalue weighted by molar-refractivity contribution is -0.0506. The molecule has 2 heterocycles. The third kappa shape index (κ3) is 5.24. The van der Waals surface area contributed by atoms with Crippen molar-refractivity contribution < 1.29 is 27.4 Å². The van der Waals surface area contributed by atoms with E-state index in [0.717, 1.165) is 0 Å². The molecule has 1 fully saturated rings. The Morgan fingerprint density at radius 3 is 2.79 bits per heavy atom. The van der Waals surface area contributed by atoms with Crippen molar-refractivity contribution in [2.45, 2.75) is 45.6 Å². The standard InChI is InChI=1S/C19H25F3N4O3/c1-19(2,3)29-18(27)25-7-8-26-12(11-25)9-23-17(26)24-10-13-14(20)5-4-6-15(13)28-16(21)22/h4-6,12,16H,7-11H2,1-3H3,(H,23,24). The first kappa shape index (κ1) is 21.1. The lowest BCUT2D eigenvalue weighted by Crippen LogP contribution is -2.57. The third-order valence-electron chi connectivity index (χ3n) is 4.57. The molecule has 160 valence electrons. The number of benzene rings is 1. The van der Waals surface area contributed by atoms with Crippen LogP contribution in [0.25, 0.3) is 0 Å². The number of nitrogens with one attached hydrogen (secondary N) is 1. The molecule has 0 aliphatic carbocycles. The van der Waals surface area contributed by atoms with Gasteiger partial charge in [-0.25, -0.2) is 9.18 Å². The summed E-state index contributed by atoms with van der Waals surface area (Å²) in [5.41, 5.74) is -0.559. The molecule has 1 saturated heterocycles. The minimum Gasteiger partial charge on any atom is -0.444 e. The van der Waals surface area contributed by atoms with Crippen LogP contribution in [0.15, 0.2) is 23.2 Å². The summed E-state index contributed by atoms with van der Waals surface area (Å²) in [7, 11) is 0. The molecule has 29 heavy (non-hydrogen) atoms. The van der Waals surface area contributed by atoms with Crippen LogP contribution in [0.3, 0.4) is 0 Å². The predicted molar refractivity (Wildman–Crippen MR) is 100 cm³/mol. The van der Waals surface area contributed by atoms with Gasteiger partial charge in [-0.05, 0) is 32.9 Å². The molecule has 1 unspecified atom stereocenters. The quantitative estimate of drug-likeness (QED) is 0.821. The van der Waals surface area contributed by atoms with E-state index in [4.69, 9.17) is 4.74 Å². The van der Waals surface area contributed by atoms with Gasteiger partial charge in [-0.3, -0.25) is 4.99 Å². The monoisotopic (exact) mass is 414 g/mol. The van der Waals surface area contributed by atoms with E-state index in [2.05, 4.69) is 15.0 Å². The Bertz CT molecular complexity index is 782. The van der Waals surface area contributed by atoms with Crippen molar-refractivity contribution in [3.05, 3.63) is 29.6 Å². The van der Waals surface area contributed by atoms with E-state index >= 15 is 0 Å². The van der Waals surface area contributed by atoms with E-state index in [1.54, 1.807) is 4.90 Å². The van der Waals surface area contributed by atoms with Crippen LogP contribution in [0, 0.1) is 5.82 Å². The topological polar surface area (TPSA) is 66.4 Å². The molecular formula is C19H25F3N4O3. The normalized spacial score (nSPS) is 19.1. The van der Waals surface area contributed by atoms with Crippen molar-refractivity contribution in [2.75, 3.05) is 26.2 Å². The van der Waals surface area contributed by atoms with E-state index in [9.17, 15) is 18.0 Å². The van der Waals surface area contributed by atoms with Crippen molar-refractivity contribution >= 4 is 12.1 Å². The van der Waals surface area contributed by atoms with Gasteiger partial charge < -0.3 is 24.6 Å². The van der Waals surface area contributed by atoms with Crippen molar-refractivity contribution in [2.24, 2.45) is 4.99 Å². The molecule has 2 aliphatic rings. The van der Waals surface area contributed by atoms with Crippen molar-refractivity contribution in [1.29, 1.82) is 0 Å². The first-order valence-corrected chi connectivity index (χ1v) is 9.39. The molecule has 1 aromatic rings. The third-order valence-corrected chi connectivity index (χ3v) is 4.57. The Labute approximate surface area is 167 Å². The Kier molecular flexibility index (Phi) is 6.09. The maximum absolute atomic E-state index is 14.1. The molecule has 1 atom stereocenters. The number of fused-ring (bicyclic) bond motifs is 1. The zero-order chi connectivity index (χ0) is 21.2. The number of nitrogens with zero attached hydrogens (tertiary/aromatic N) is 3. The van der Waals surface area contributed by atoms with Crippen LogP contribution in [0.4, 0.5) is 18.0 Å². The average molecular weight is 414 g/mol. The van der Waals surface area contributed by atoms with Crippen LogP contribution in [-0.2, 0) is 11.3 Å². The number of carbonyl (C=O) groups excluding carboxylic acids is 1. The Morgan fingerprint density at radius 1 is 1.34 bits per heavy atom. The lowest BCUT2D eigenvalue weighted by Gasteiger charge is -2.39. The minimum atomic E-state index is -3.04. The number of rotatable bonds is 4. The fourth-order valence-corrected chi connectivity index (χ4v) is 3.31. The summed E-state index contributed by atoms with van der Waals surface area (Å²) in [6, 6.07) is 3.78. The maximum Gasteiger partial charge on any atom is 0.410 e. The van der Waals surface area contributed by atoms with Crippen molar-refractivity contribution in [3.8, 4) is 5.75 Å². The summed E-state index contributed by atoms with van der Waals surface area (Å²) in [6.45, 7) is 4.29. The van der Waals surface area contributed by atoms with E-state index < -0.39 is 18.0 Å². The smallest absolute Gasteiger partial charge is 0.410 e. The number of carbonyl (C=O) groups is 1. The second-order valence-corrected chi connectivity index (χ2v) is 7.89. The molecule has 1 aromatic carbocycles. The highest BCUT2D eigenvalue weighted by Gasteiger charge is 2.36. The summed E-state index contributed by atoms with van der Waals surface area (Å²) in [5.74, 6) is -0.303. The summed E-state index contributed by atoms with van der Waals surface area (Å²) >= 11 is 0. The number of amides is 1. The first-order chi connectivity index (χ1) is 13.6. The highest BCUT2D eigenvalue weighted by Crippen LogP contribution is 2.24. The summed E-state index contributed by atoms with van der Waals surface area (Å²) in [5, 5.41) is 3.01. The minimum absolute atomic E-state index is 0.00587. The second-order valence-electron chi connectivity index (χ2n) is 7.89. The summed E-state index contributed by atoms with van der Waals surface area (Å²) < 4.78 is 49.0. The molecule has 10 heteroatoms. The molecule has 3 rings (SSSR count). The van der Waals surface area contributed by atoms with Gasteiger partial charge in [0.05, 0.1) is 12.6 Å². The molecule has 7 nitrogen and oxygen atoms in total. The number of alkyl halides is 2. The zero-order valence-electron chi connectivity index (χ0n) is 16.6. The number of halogens is 3. The van der Waals surface area contributed by atoms with Gasteiger partial charge in [-0.15, -0.1) is 0 Å². The van der Waals surface area contributed by atoms with Crippen LogP contribution in [0.5, 0.6) is 5.75 Å². The van der Waals surface area contributed by atoms with Crippen molar-refractivity contribution in [1.82, 2.24) is 15.1 Å². The molecule has 0 aromatic heterocycles. The molecular weight excluding hydrogens is 389 g/mol. The van der Waals surface area contributed by atoms with Crippen molar-refractivity contribution in [3.63, 3.8) is 0 Å². The van der Waals surface area contributed by atoms with E-state index in [1.165, 1.54) is 18.2 Å². The molecule has 1 N–H and O–H groups in total. The lowest BCUT2D eigenvalue weighted by atomic mass is 10.2. The Morgan fingerprint density at radius 2 is 2.10 bits per heavy atom. The maximum atomic E-state index is 14.1. The predicted octanol–water partition coefficient (Wildman–Crippen LogP) is 2.81. The number of piperazine rings is 1. The first-order valence-electron chi connectivity index (χ1n) is 9.39. The summed E-state index contributed by atoms with van der Waals surface area (Å²) in [4.78, 5) is 20.3. The highest BCUT2D eigenvalue weighted by molar-refractivity contribution is 5.82. The Balaban J connectivity index is 1.59. The molecule has 1 amide bonds. The van der Waals surface area contributed by atoms with Gasteiger partial charge in [-0.2, -0.15) is 8.78 Å². The molecule has 0 bridgehead atoms. The van der Waals surface area contributed by atoms with Gasteiger partial charge in [0, 0.05) is 31.7 Å². The van der Waals surface area contributed by atoms with Crippen LogP contribution < -0.4 is 10.1 Å². The fourth-order valence-electron chi connectivity index (χ4n) is 3.31. The zero-order valence-corrected chi connectivity index (χ0v) is 16.6. The van der Waals surface area contributed by atoms with Gasteiger partial charge >= 0.3 is 12.7 Å². The number of ether oxygens (including phenoxy) is 2. The number of hydrogen-bond acceptors (Lipinski definition) is 6. The number of guanidine groups is 1. The van der Waals surface area contributed by atoms with Crippen LogP contribution in [0.2, 0.25) is 0 Å². The average Bonchev–Trinajstić information content (AvgIpc) is 3.01. The van der Waals surface area contributed by atoms with Gasteiger partial charge in [-0.1, -0.05) is 6.07 Å². The number of hydrogen-bond donors (Lipinski definition) is 1.